The number of hydrogen-bond acceptors (Lipinski definition) is 3. The molecule has 15 heavy (non-hydrogen) atoms. The summed E-state index contributed by atoms with van der Waals surface area (Å²) in [5.74, 6) is 0. The van der Waals surface area contributed by atoms with Gasteiger partial charge in [0.05, 0.1) is 5.69 Å². The second kappa shape index (κ2) is 5.88. The van der Waals surface area contributed by atoms with Gasteiger partial charge in [0.15, 0.2) is 0 Å². The molecule has 0 aliphatic rings. The summed E-state index contributed by atoms with van der Waals surface area (Å²) >= 11 is 0. The normalized spacial score (nSPS) is 13.4. The van der Waals surface area contributed by atoms with Crippen molar-refractivity contribution in [1.29, 1.82) is 0 Å². The van der Waals surface area contributed by atoms with Gasteiger partial charge in [-0.15, -0.1) is 0 Å². The van der Waals surface area contributed by atoms with Crippen LogP contribution in [0.3, 0.4) is 0 Å². The Bertz CT molecular complexity index is 283. The maximum absolute atomic E-state index is 9.94. The number of aromatic nitrogens is 2. The van der Waals surface area contributed by atoms with Gasteiger partial charge in [0.1, 0.15) is 6.10 Å². The SMILES string of the molecule is CCCn1nccc1C(O)CNC(C)C. The summed E-state index contributed by atoms with van der Waals surface area (Å²) in [7, 11) is 0. The van der Waals surface area contributed by atoms with Gasteiger partial charge in [-0.3, -0.25) is 4.68 Å². The van der Waals surface area contributed by atoms with Gasteiger partial charge in [0.2, 0.25) is 0 Å². The van der Waals surface area contributed by atoms with Gasteiger partial charge in [-0.1, -0.05) is 20.8 Å². The Morgan fingerprint density at radius 2 is 2.27 bits per heavy atom. The third-order valence-corrected chi connectivity index (χ3v) is 2.25. The van der Waals surface area contributed by atoms with E-state index in [-0.39, 0.29) is 0 Å². The first-order valence-electron chi connectivity index (χ1n) is 5.58. The van der Waals surface area contributed by atoms with Crippen LogP contribution in [0.5, 0.6) is 0 Å². The lowest BCUT2D eigenvalue weighted by Gasteiger charge is -2.15. The largest absolute Gasteiger partial charge is 0.385 e. The van der Waals surface area contributed by atoms with Crippen molar-refractivity contribution in [2.24, 2.45) is 0 Å². The standard InChI is InChI=1S/C11H21N3O/c1-4-7-14-10(5-6-13-14)11(15)8-12-9(2)3/h5-6,9,11-12,15H,4,7-8H2,1-3H3. The fraction of sp³-hybridized carbons (Fsp3) is 0.727. The summed E-state index contributed by atoms with van der Waals surface area (Å²) in [5.41, 5.74) is 0.894. The molecule has 0 amide bonds. The van der Waals surface area contributed by atoms with E-state index in [0.717, 1.165) is 18.7 Å². The quantitative estimate of drug-likeness (QED) is 0.746. The van der Waals surface area contributed by atoms with Gasteiger partial charge < -0.3 is 10.4 Å². The molecule has 4 nitrogen and oxygen atoms in total. The number of hydrogen-bond donors (Lipinski definition) is 2. The third kappa shape index (κ3) is 3.64. The van der Waals surface area contributed by atoms with E-state index in [1.54, 1.807) is 6.20 Å². The number of nitrogens with zero attached hydrogens (tertiary/aromatic N) is 2. The fourth-order valence-electron chi connectivity index (χ4n) is 1.48. The highest BCUT2D eigenvalue weighted by molar-refractivity contribution is 5.05. The molecule has 0 saturated heterocycles. The van der Waals surface area contributed by atoms with Crippen LogP contribution in [0.1, 0.15) is 39.0 Å². The molecule has 1 atom stereocenters. The first-order valence-corrected chi connectivity index (χ1v) is 5.58. The van der Waals surface area contributed by atoms with Crippen molar-refractivity contribution in [2.75, 3.05) is 6.54 Å². The van der Waals surface area contributed by atoms with Crippen LogP contribution in [0, 0.1) is 0 Å². The number of aliphatic hydroxyl groups excluding tert-OH is 1. The second-order valence-electron chi connectivity index (χ2n) is 4.06. The molecule has 0 radical (unpaired) electrons. The Morgan fingerprint density at radius 1 is 1.53 bits per heavy atom. The van der Waals surface area contributed by atoms with E-state index in [0.29, 0.717) is 12.6 Å². The highest BCUT2D eigenvalue weighted by atomic mass is 16.3. The average Bonchev–Trinajstić information content (AvgIpc) is 2.63. The minimum atomic E-state index is -0.471. The van der Waals surface area contributed by atoms with Crippen molar-refractivity contribution in [3.8, 4) is 0 Å². The predicted octanol–water partition coefficient (Wildman–Crippen LogP) is 1.32. The average molecular weight is 211 g/mol. The molecule has 1 rings (SSSR count). The first kappa shape index (κ1) is 12.2. The fourth-order valence-corrected chi connectivity index (χ4v) is 1.48. The topological polar surface area (TPSA) is 50.1 Å². The van der Waals surface area contributed by atoms with Gasteiger partial charge in [-0.05, 0) is 12.5 Å². The number of aryl methyl sites for hydroxylation is 1. The van der Waals surface area contributed by atoms with E-state index >= 15 is 0 Å². The van der Waals surface area contributed by atoms with E-state index in [2.05, 4.69) is 31.2 Å². The number of aliphatic hydroxyl groups is 1. The summed E-state index contributed by atoms with van der Waals surface area (Å²) in [6.07, 6.45) is 2.30. The summed E-state index contributed by atoms with van der Waals surface area (Å²) in [5, 5.41) is 17.3. The van der Waals surface area contributed by atoms with Crippen LogP contribution < -0.4 is 5.32 Å². The monoisotopic (exact) mass is 211 g/mol. The van der Waals surface area contributed by atoms with Crippen molar-refractivity contribution in [2.45, 2.75) is 45.9 Å². The Balaban J connectivity index is 2.56. The molecule has 4 heteroatoms. The summed E-state index contributed by atoms with van der Waals surface area (Å²) < 4.78 is 1.87. The Morgan fingerprint density at radius 3 is 2.87 bits per heavy atom. The Hall–Kier alpha value is -0.870. The molecule has 86 valence electrons. The molecule has 1 aromatic rings. The lowest BCUT2D eigenvalue weighted by Crippen LogP contribution is -2.29. The third-order valence-electron chi connectivity index (χ3n) is 2.25. The summed E-state index contributed by atoms with van der Waals surface area (Å²) in [6.45, 7) is 7.67. The van der Waals surface area contributed by atoms with Gasteiger partial charge in [0.25, 0.3) is 0 Å². The highest BCUT2D eigenvalue weighted by Gasteiger charge is 2.12. The van der Waals surface area contributed by atoms with Gasteiger partial charge in [-0.25, -0.2) is 0 Å². The maximum atomic E-state index is 9.94. The van der Waals surface area contributed by atoms with Crippen LogP contribution in [-0.4, -0.2) is 27.5 Å². The molecule has 0 spiro atoms. The molecular weight excluding hydrogens is 190 g/mol. The van der Waals surface area contributed by atoms with Crippen molar-refractivity contribution in [1.82, 2.24) is 15.1 Å². The lowest BCUT2D eigenvalue weighted by molar-refractivity contribution is 0.160. The zero-order valence-electron chi connectivity index (χ0n) is 9.77. The molecule has 0 fully saturated rings. The van der Waals surface area contributed by atoms with Crippen LogP contribution in [0.15, 0.2) is 12.3 Å². The highest BCUT2D eigenvalue weighted by Crippen LogP contribution is 2.11. The molecule has 0 aliphatic carbocycles. The van der Waals surface area contributed by atoms with Crippen molar-refractivity contribution >= 4 is 0 Å². The van der Waals surface area contributed by atoms with E-state index < -0.39 is 6.10 Å². The molecule has 1 unspecified atom stereocenters. The van der Waals surface area contributed by atoms with Crippen LogP contribution in [-0.2, 0) is 6.54 Å². The van der Waals surface area contributed by atoms with Crippen molar-refractivity contribution in [3.05, 3.63) is 18.0 Å². The van der Waals surface area contributed by atoms with Crippen LogP contribution >= 0.6 is 0 Å². The van der Waals surface area contributed by atoms with Gasteiger partial charge in [0, 0.05) is 25.3 Å². The minimum Gasteiger partial charge on any atom is -0.385 e. The molecule has 1 aromatic heterocycles. The molecule has 0 saturated carbocycles. The van der Waals surface area contributed by atoms with E-state index in [4.69, 9.17) is 0 Å². The van der Waals surface area contributed by atoms with Crippen molar-refractivity contribution in [3.63, 3.8) is 0 Å². The molecule has 0 aliphatic heterocycles. The summed E-state index contributed by atoms with van der Waals surface area (Å²) in [4.78, 5) is 0. The second-order valence-corrected chi connectivity index (χ2v) is 4.06. The smallest absolute Gasteiger partial charge is 0.108 e. The zero-order valence-corrected chi connectivity index (χ0v) is 9.77. The minimum absolute atomic E-state index is 0.391. The summed E-state index contributed by atoms with van der Waals surface area (Å²) in [6, 6.07) is 2.27. The first-order chi connectivity index (χ1) is 7.15. The molecule has 0 bridgehead atoms. The van der Waals surface area contributed by atoms with Gasteiger partial charge in [-0.2, -0.15) is 5.10 Å². The molecule has 0 aromatic carbocycles. The Labute approximate surface area is 91.3 Å². The van der Waals surface area contributed by atoms with E-state index in [1.807, 2.05) is 10.7 Å². The number of nitrogens with one attached hydrogen (secondary N) is 1. The number of rotatable bonds is 6. The molecule has 1 heterocycles. The van der Waals surface area contributed by atoms with Crippen LogP contribution in [0.4, 0.5) is 0 Å². The molecular formula is C11H21N3O. The van der Waals surface area contributed by atoms with Crippen LogP contribution in [0.25, 0.3) is 0 Å². The predicted molar refractivity (Wildman–Crippen MR) is 60.6 cm³/mol. The maximum Gasteiger partial charge on any atom is 0.108 e. The molecule has 2 N–H and O–H groups in total. The van der Waals surface area contributed by atoms with E-state index in [1.165, 1.54) is 0 Å². The zero-order chi connectivity index (χ0) is 11.3. The Kier molecular flexibility index (Phi) is 4.78. The van der Waals surface area contributed by atoms with Crippen molar-refractivity contribution < 1.29 is 5.11 Å². The van der Waals surface area contributed by atoms with Crippen LogP contribution in [0.2, 0.25) is 0 Å². The van der Waals surface area contributed by atoms with Gasteiger partial charge >= 0.3 is 0 Å². The lowest BCUT2D eigenvalue weighted by atomic mass is 10.2. The van der Waals surface area contributed by atoms with E-state index in [9.17, 15) is 5.11 Å².